The van der Waals surface area contributed by atoms with E-state index in [0.29, 0.717) is 5.17 Å². The summed E-state index contributed by atoms with van der Waals surface area (Å²) in [6.45, 7) is 4.22. The van der Waals surface area contributed by atoms with Gasteiger partial charge in [-0.1, -0.05) is 35.5 Å². The van der Waals surface area contributed by atoms with E-state index in [4.69, 9.17) is 10.5 Å². The van der Waals surface area contributed by atoms with Crippen molar-refractivity contribution in [3.8, 4) is 5.75 Å². The van der Waals surface area contributed by atoms with Gasteiger partial charge in [0.15, 0.2) is 5.17 Å². The zero-order valence-electron chi connectivity index (χ0n) is 12.6. The molecule has 0 aliphatic heterocycles. The number of benzene rings is 2. The number of methoxy groups -OCH3 is 1. The van der Waals surface area contributed by atoms with Crippen LogP contribution < -0.4 is 10.5 Å². The maximum absolute atomic E-state index is 5.99. The van der Waals surface area contributed by atoms with Gasteiger partial charge in [-0.15, -0.1) is 0 Å². The van der Waals surface area contributed by atoms with E-state index in [0.717, 1.165) is 17.2 Å². The maximum Gasteiger partial charge on any atom is 0.159 e. The van der Waals surface area contributed by atoms with Crippen LogP contribution in [0.25, 0.3) is 0 Å². The highest BCUT2D eigenvalue weighted by Crippen LogP contribution is 2.21. The highest BCUT2D eigenvalue weighted by Gasteiger charge is 2.02. The van der Waals surface area contributed by atoms with E-state index in [1.165, 1.54) is 16.7 Å². The highest BCUT2D eigenvalue weighted by atomic mass is 32.2. The molecule has 0 radical (unpaired) electrons. The largest absolute Gasteiger partial charge is 0.497 e. The van der Waals surface area contributed by atoms with Gasteiger partial charge < -0.3 is 10.5 Å². The Balaban J connectivity index is 2.01. The lowest BCUT2D eigenvalue weighted by Crippen LogP contribution is -2.06. The molecule has 2 aromatic rings. The Morgan fingerprint density at radius 1 is 1.14 bits per heavy atom. The minimum Gasteiger partial charge on any atom is -0.497 e. The van der Waals surface area contributed by atoms with Gasteiger partial charge in [-0.25, -0.2) is 4.99 Å². The molecule has 0 aliphatic carbocycles. The zero-order valence-corrected chi connectivity index (χ0v) is 13.4. The first-order chi connectivity index (χ1) is 10.1. The molecule has 0 aliphatic rings. The number of nitrogens with zero attached hydrogens (tertiary/aromatic N) is 1. The first kappa shape index (κ1) is 15.4. The molecule has 2 N–H and O–H groups in total. The number of ether oxygens (including phenoxy) is 1. The van der Waals surface area contributed by atoms with Gasteiger partial charge in [0.2, 0.25) is 0 Å². The Labute approximate surface area is 130 Å². The lowest BCUT2D eigenvalue weighted by Gasteiger charge is -2.07. The number of amidine groups is 1. The van der Waals surface area contributed by atoms with Crippen molar-refractivity contribution in [3.05, 3.63) is 59.2 Å². The number of hydrogen-bond acceptors (Lipinski definition) is 3. The third-order valence-corrected chi connectivity index (χ3v) is 4.03. The second-order valence-electron chi connectivity index (χ2n) is 4.87. The highest BCUT2D eigenvalue weighted by molar-refractivity contribution is 8.13. The van der Waals surface area contributed by atoms with E-state index in [9.17, 15) is 0 Å². The van der Waals surface area contributed by atoms with Gasteiger partial charge in [0.25, 0.3) is 0 Å². The summed E-state index contributed by atoms with van der Waals surface area (Å²) in [5, 5.41) is 0.570. The fourth-order valence-corrected chi connectivity index (χ4v) is 2.71. The minimum atomic E-state index is 0.570. The summed E-state index contributed by atoms with van der Waals surface area (Å²) in [6, 6.07) is 14.0. The number of thioether (sulfide) groups is 1. The molecule has 0 spiro atoms. The molecule has 2 aromatic carbocycles. The van der Waals surface area contributed by atoms with Crippen LogP contribution in [0.3, 0.4) is 0 Å². The summed E-state index contributed by atoms with van der Waals surface area (Å²) in [4.78, 5) is 4.40. The monoisotopic (exact) mass is 300 g/mol. The molecule has 0 fully saturated rings. The molecule has 2 rings (SSSR count). The minimum absolute atomic E-state index is 0.570. The predicted molar refractivity (Wildman–Crippen MR) is 91.5 cm³/mol. The summed E-state index contributed by atoms with van der Waals surface area (Å²) in [6.07, 6.45) is 0. The molecular weight excluding hydrogens is 280 g/mol. The fourth-order valence-electron chi connectivity index (χ4n) is 1.92. The summed E-state index contributed by atoms with van der Waals surface area (Å²) in [5.74, 6) is 1.65. The van der Waals surface area contributed by atoms with Crippen LogP contribution in [0.1, 0.15) is 16.7 Å². The van der Waals surface area contributed by atoms with Crippen molar-refractivity contribution in [2.24, 2.45) is 10.7 Å². The Morgan fingerprint density at radius 2 is 1.86 bits per heavy atom. The molecule has 0 bridgehead atoms. The third-order valence-electron chi connectivity index (χ3n) is 3.19. The van der Waals surface area contributed by atoms with E-state index in [-0.39, 0.29) is 0 Å². The van der Waals surface area contributed by atoms with Crippen molar-refractivity contribution in [1.29, 1.82) is 0 Å². The normalized spacial score (nSPS) is 11.5. The van der Waals surface area contributed by atoms with Crippen molar-refractivity contribution in [2.75, 3.05) is 7.11 Å². The van der Waals surface area contributed by atoms with E-state index in [1.807, 2.05) is 24.3 Å². The van der Waals surface area contributed by atoms with Crippen molar-refractivity contribution >= 4 is 22.6 Å². The van der Waals surface area contributed by atoms with E-state index in [1.54, 1.807) is 18.9 Å². The van der Waals surface area contributed by atoms with Gasteiger partial charge in [-0.2, -0.15) is 0 Å². The Morgan fingerprint density at radius 3 is 2.52 bits per heavy atom. The molecule has 4 heteroatoms. The molecule has 0 atom stereocenters. The van der Waals surface area contributed by atoms with E-state index < -0.39 is 0 Å². The van der Waals surface area contributed by atoms with Crippen LogP contribution in [0.4, 0.5) is 5.69 Å². The lowest BCUT2D eigenvalue weighted by molar-refractivity contribution is 0.415. The molecule has 21 heavy (non-hydrogen) atoms. The first-order valence-electron chi connectivity index (χ1n) is 6.75. The van der Waals surface area contributed by atoms with Crippen LogP contribution in [0.5, 0.6) is 5.75 Å². The molecule has 110 valence electrons. The van der Waals surface area contributed by atoms with Crippen LogP contribution in [0, 0.1) is 13.8 Å². The predicted octanol–water partition coefficient (Wildman–Crippen LogP) is 4.19. The second-order valence-corrected chi connectivity index (χ2v) is 5.86. The van der Waals surface area contributed by atoms with Crippen LogP contribution in [-0.2, 0) is 5.75 Å². The average Bonchev–Trinajstić information content (AvgIpc) is 2.49. The Kier molecular flexibility index (Phi) is 5.28. The molecule has 0 aromatic heterocycles. The SMILES string of the molecule is COc1ccc(N=C(N)SCc2cc(C)ccc2C)cc1. The molecule has 0 heterocycles. The van der Waals surface area contributed by atoms with E-state index in [2.05, 4.69) is 37.0 Å². The smallest absolute Gasteiger partial charge is 0.159 e. The molecular formula is C17H20N2OS. The topological polar surface area (TPSA) is 47.6 Å². The zero-order chi connectivity index (χ0) is 15.2. The van der Waals surface area contributed by atoms with Crippen LogP contribution in [0.15, 0.2) is 47.5 Å². The van der Waals surface area contributed by atoms with Crippen molar-refractivity contribution < 1.29 is 4.74 Å². The summed E-state index contributed by atoms with van der Waals surface area (Å²) in [5.41, 5.74) is 10.7. The second kappa shape index (κ2) is 7.18. The van der Waals surface area contributed by atoms with E-state index >= 15 is 0 Å². The van der Waals surface area contributed by atoms with Crippen LogP contribution >= 0.6 is 11.8 Å². The lowest BCUT2D eigenvalue weighted by atomic mass is 10.1. The number of nitrogens with two attached hydrogens (primary N) is 1. The van der Waals surface area contributed by atoms with Gasteiger partial charge in [0, 0.05) is 5.75 Å². The van der Waals surface area contributed by atoms with Crippen molar-refractivity contribution in [2.45, 2.75) is 19.6 Å². The van der Waals surface area contributed by atoms with Crippen LogP contribution in [0.2, 0.25) is 0 Å². The van der Waals surface area contributed by atoms with Gasteiger partial charge in [0.05, 0.1) is 12.8 Å². The maximum atomic E-state index is 5.99. The molecule has 0 saturated carbocycles. The van der Waals surface area contributed by atoms with Gasteiger partial charge in [-0.3, -0.25) is 0 Å². The number of aliphatic imine (C=N–C) groups is 1. The molecule has 0 saturated heterocycles. The standard InChI is InChI=1S/C17H20N2OS/c1-12-4-5-13(2)14(10-12)11-21-17(18)19-15-6-8-16(20-3)9-7-15/h4-10H,11H2,1-3H3,(H2,18,19). The third kappa shape index (κ3) is 4.53. The Hall–Kier alpha value is -1.94. The average molecular weight is 300 g/mol. The first-order valence-corrected chi connectivity index (χ1v) is 7.74. The van der Waals surface area contributed by atoms with Crippen LogP contribution in [-0.4, -0.2) is 12.3 Å². The fraction of sp³-hybridized carbons (Fsp3) is 0.235. The summed E-state index contributed by atoms with van der Waals surface area (Å²) < 4.78 is 5.12. The Bertz CT molecular complexity index is 636. The number of rotatable bonds is 4. The number of aryl methyl sites for hydroxylation is 2. The van der Waals surface area contributed by atoms with Crippen molar-refractivity contribution in [3.63, 3.8) is 0 Å². The molecule has 3 nitrogen and oxygen atoms in total. The quantitative estimate of drug-likeness (QED) is 0.680. The molecule has 0 amide bonds. The van der Waals surface area contributed by atoms with Gasteiger partial charge in [-0.05, 0) is 49.2 Å². The van der Waals surface area contributed by atoms with Gasteiger partial charge >= 0.3 is 0 Å². The van der Waals surface area contributed by atoms with Gasteiger partial charge in [0.1, 0.15) is 5.75 Å². The molecule has 0 unspecified atom stereocenters. The number of hydrogen-bond donors (Lipinski definition) is 1. The summed E-state index contributed by atoms with van der Waals surface area (Å²) >= 11 is 1.55. The summed E-state index contributed by atoms with van der Waals surface area (Å²) in [7, 11) is 1.65. The van der Waals surface area contributed by atoms with Crippen molar-refractivity contribution in [1.82, 2.24) is 0 Å².